The molecule has 174 valence electrons. The van der Waals surface area contributed by atoms with E-state index in [2.05, 4.69) is 24.9 Å². The predicted molar refractivity (Wildman–Crippen MR) is 119 cm³/mol. The fraction of sp³-hybridized carbons (Fsp3) is 0.318. The highest BCUT2D eigenvalue weighted by atomic mass is 32.1. The van der Waals surface area contributed by atoms with Gasteiger partial charge < -0.3 is 20.1 Å². The zero-order valence-electron chi connectivity index (χ0n) is 17.6. The summed E-state index contributed by atoms with van der Waals surface area (Å²) in [6, 6.07) is 6.64. The van der Waals surface area contributed by atoms with E-state index in [4.69, 9.17) is 0 Å². The number of nitrogens with zero attached hydrogens (tertiary/aromatic N) is 3. The molecule has 1 aliphatic rings. The zero-order valence-corrected chi connectivity index (χ0v) is 18.4. The molecular weight excluding hydrogens is 457 g/mol. The summed E-state index contributed by atoms with van der Waals surface area (Å²) in [5.41, 5.74) is 1.38. The lowest BCUT2D eigenvalue weighted by molar-refractivity contribution is -0.274. The van der Waals surface area contributed by atoms with Crippen molar-refractivity contribution in [2.45, 2.75) is 19.7 Å². The number of rotatable bonds is 6. The van der Waals surface area contributed by atoms with Crippen molar-refractivity contribution >= 4 is 28.7 Å². The third kappa shape index (κ3) is 5.60. The molecule has 3 heterocycles. The van der Waals surface area contributed by atoms with Crippen LogP contribution in [0.3, 0.4) is 0 Å². The molecule has 1 atom stereocenters. The Balaban J connectivity index is 1.57. The first-order valence-electron chi connectivity index (χ1n) is 10.2. The molecule has 33 heavy (non-hydrogen) atoms. The first kappa shape index (κ1) is 23.0. The van der Waals surface area contributed by atoms with E-state index in [0.29, 0.717) is 17.8 Å². The number of benzene rings is 1. The minimum Gasteiger partial charge on any atom is -0.406 e. The smallest absolute Gasteiger partial charge is 0.406 e. The third-order valence-electron chi connectivity index (χ3n) is 5.20. The minimum atomic E-state index is -4.78. The van der Waals surface area contributed by atoms with Crippen molar-refractivity contribution in [1.82, 2.24) is 9.97 Å². The number of alkyl halides is 3. The van der Waals surface area contributed by atoms with E-state index in [1.54, 1.807) is 12.3 Å². The maximum atomic E-state index is 12.8. The number of thiazole rings is 1. The zero-order chi connectivity index (χ0) is 23.6. The number of aryl methyl sites for hydroxylation is 1. The van der Waals surface area contributed by atoms with E-state index in [-0.39, 0.29) is 18.3 Å². The summed E-state index contributed by atoms with van der Waals surface area (Å²) >= 11 is 1.49. The largest absolute Gasteiger partial charge is 0.573 e. The summed E-state index contributed by atoms with van der Waals surface area (Å²) in [5, 5.41) is 13.0. The Morgan fingerprint density at radius 1 is 1.27 bits per heavy atom. The molecule has 1 amide bonds. The summed E-state index contributed by atoms with van der Waals surface area (Å²) in [5.74, 6) is 0.0757. The number of aliphatic hydroxyl groups is 1. The van der Waals surface area contributed by atoms with E-state index in [1.807, 2.05) is 6.92 Å². The van der Waals surface area contributed by atoms with Gasteiger partial charge in [-0.1, -0.05) is 0 Å². The van der Waals surface area contributed by atoms with Crippen LogP contribution in [0.5, 0.6) is 5.75 Å². The fourth-order valence-corrected chi connectivity index (χ4v) is 4.41. The highest BCUT2D eigenvalue weighted by Gasteiger charge is 2.31. The first-order valence-corrected chi connectivity index (χ1v) is 11.0. The fourth-order valence-electron chi connectivity index (χ4n) is 3.62. The average Bonchev–Trinajstić information content (AvgIpc) is 3.42. The number of carbonyl (C=O) groups is 1. The van der Waals surface area contributed by atoms with Crippen LogP contribution < -0.4 is 15.0 Å². The van der Waals surface area contributed by atoms with Crippen molar-refractivity contribution in [3.8, 4) is 16.2 Å². The van der Waals surface area contributed by atoms with Gasteiger partial charge in [-0.25, -0.2) is 9.97 Å². The Bertz CT molecular complexity index is 1130. The molecule has 7 nitrogen and oxygen atoms in total. The van der Waals surface area contributed by atoms with Gasteiger partial charge in [0, 0.05) is 49.3 Å². The normalized spacial score (nSPS) is 16.2. The number of aromatic nitrogens is 2. The second-order valence-corrected chi connectivity index (χ2v) is 8.88. The Kier molecular flexibility index (Phi) is 6.52. The van der Waals surface area contributed by atoms with Crippen LogP contribution in [0.4, 0.5) is 24.7 Å². The van der Waals surface area contributed by atoms with Crippen molar-refractivity contribution in [3.05, 3.63) is 53.3 Å². The molecule has 0 spiro atoms. The van der Waals surface area contributed by atoms with Gasteiger partial charge in [0.15, 0.2) is 0 Å². The quantitative estimate of drug-likeness (QED) is 0.543. The lowest BCUT2D eigenvalue weighted by atomic mass is 10.1. The molecular formula is C22H21F3N4O3S. The number of hydrogen-bond donors (Lipinski definition) is 2. The van der Waals surface area contributed by atoms with Gasteiger partial charge in [0.1, 0.15) is 11.6 Å². The number of nitrogens with one attached hydrogen (secondary N) is 1. The van der Waals surface area contributed by atoms with Gasteiger partial charge in [0.25, 0.3) is 5.91 Å². The summed E-state index contributed by atoms with van der Waals surface area (Å²) < 4.78 is 40.8. The van der Waals surface area contributed by atoms with Crippen LogP contribution in [0.25, 0.3) is 10.4 Å². The van der Waals surface area contributed by atoms with Crippen LogP contribution in [0.2, 0.25) is 0 Å². The van der Waals surface area contributed by atoms with E-state index >= 15 is 0 Å². The van der Waals surface area contributed by atoms with Crippen molar-refractivity contribution in [1.29, 1.82) is 0 Å². The Labute approximate surface area is 191 Å². The summed E-state index contributed by atoms with van der Waals surface area (Å²) in [6.45, 7) is 3.42. The molecule has 0 aliphatic carbocycles. The summed E-state index contributed by atoms with van der Waals surface area (Å²) in [7, 11) is 0. The van der Waals surface area contributed by atoms with E-state index in [0.717, 1.165) is 46.4 Å². The van der Waals surface area contributed by atoms with Crippen LogP contribution >= 0.6 is 11.3 Å². The van der Waals surface area contributed by atoms with E-state index in [9.17, 15) is 23.1 Å². The number of carbonyl (C=O) groups excluding carboxylic acids is 1. The molecule has 0 radical (unpaired) electrons. The Morgan fingerprint density at radius 3 is 2.64 bits per heavy atom. The molecule has 0 saturated carbocycles. The lowest BCUT2D eigenvalue weighted by Gasteiger charge is -2.20. The van der Waals surface area contributed by atoms with Crippen molar-refractivity contribution in [2.24, 2.45) is 5.92 Å². The van der Waals surface area contributed by atoms with Gasteiger partial charge in [-0.3, -0.25) is 4.79 Å². The minimum absolute atomic E-state index is 0.110. The van der Waals surface area contributed by atoms with Crippen molar-refractivity contribution < 1.29 is 27.8 Å². The SMILES string of the molecule is Cc1ncc(-c2cc(C(=O)Nc3ccc(OC(F)(F)F)cc3)cnc2N2CC[C@H](CO)C2)s1. The molecule has 11 heteroatoms. The second kappa shape index (κ2) is 9.36. The third-order valence-corrected chi connectivity index (χ3v) is 6.15. The Hall–Kier alpha value is -3.18. The number of amides is 1. The van der Waals surface area contributed by atoms with Crippen LogP contribution in [0, 0.1) is 12.8 Å². The topological polar surface area (TPSA) is 87.6 Å². The number of aliphatic hydroxyl groups excluding tert-OH is 1. The number of pyridine rings is 1. The molecule has 1 saturated heterocycles. The van der Waals surface area contributed by atoms with Crippen molar-refractivity contribution in [2.75, 3.05) is 29.9 Å². The molecule has 3 aromatic rings. The van der Waals surface area contributed by atoms with Crippen LogP contribution in [-0.4, -0.2) is 47.0 Å². The summed E-state index contributed by atoms with van der Waals surface area (Å²) in [4.78, 5) is 24.6. The number of anilines is 2. The van der Waals surface area contributed by atoms with E-state index in [1.165, 1.54) is 29.7 Å². The molecule has 1 fully saturated rings. The molecule has 0 bridgehead atoms. The molecule has 1 aromatic carbocycles. The average molecular weight is 478 g/mol. The van der Waals surface area contributed by atoms with Crippen LogP contribution in [0.15, 0.2) is 42.7 Å². The predicted octanol–water partition coefficient (Wildman–Crippen LogP) is 4.48. The maximum absolute atomic E-state index is 12.8. The molecule has 2 N–H and O–H groups in total. The number of halogens is 3. The standard InChI is InChI=1S/C22H21F3N4O3S/c1-13-26-10-19(33-13)18-8-15(9-27-20(18)29-7-6-14(11-29)12-30)21(31)28-16-2-4-17(5-3-16)32-22(23,24)25/h2-5,8-10,14,30H,6-7,11-12H2,1H3,(H,28,31)/t14-/m0/s1. The van der Waals surface area contributed by atoms with Crippen molar-refractivity contribution in [3.63, 3.8) is 0 Å². The maximum Gasteiger partial charge on any atom is 0.573 e. The van der Waals surface area contributed by atoms with Gasteiger partial charge in [-0.05, 0) is 43.7 Å². The van der Waals surface area contributed by atoms with Crippen LogP contribution in [-0.2, 0) is 0 Å². The first-order chi connectivity index (χ1) is 15.7. The van der Waals surface area contributed by atoms with Gasteiger partial charge >= 0.3 is 6.36 Å². The van der Waals surface area contributed by atoms with Gasteiger partial charge in [-0.2, -0.15) is 0 Å². The molecule has 1 aliphatic heterocycles. The van der Waals surface area contributed by atoms with Gasteiger partial charge in [0.2, 0.25) is 0 Å². The molecule has 4 rings (SSSR count). The summed E-state index contributed by atoms with van der Waals surface area (Å²) in [6.07, 6.45) is -0.720. The monoisotopic (exact) mass is 478 g/mol. The number of ether oxygens (including phenoxy) is 1. The van der Waals surface area contributed by atoms with Gasteiger partial charge in [0.05, 0.1) is 15.4 Å². The molecule has 0 unspecified atom stereocenters. The Morgan fingerprint density at radius 2 is 2.03 bits per heavy atom. The van der Waals surface area contributed by atoms with E-state index < -0.39 is 12.3 Å². The van der Waals surface area contributed by atoms with Gasteiger partial charge in [-0.15, -0.1) is 24.5 Å². The number of hydrogen-bond acceptors (Lipinski definition) is 7. The molecule has 2 aromatic heterocycles. The highest BCUT2D eigenvalue weighted by molar-refractivity contribution is 7.15. The highest BCUT2D eigenvalue weighted by Crippen LogP contribution is 2.36. The second-order valence-electron chi connectivity index (χ2n) is 7.65. The van der Waals surface area contributed by atoms with Crippen LogP contribution in [0.1, 0.15) is 21.8 Å². The lowest BCUT2D eigenvalue weighted by Crippen LogP contribution is -2.23.